The minimum absolute atomic E-state index is 0.560. The lowest BCUT2D eigenvalue weighted by atomic mass is 10.2. The highest BCUT2D eigenvalue weighted by Gasteiger charge is 2.11. The lowest BCUT2D eigenvalue weighted by molar-refractivity contribution is 0.194. The average Bonchev–Trinajstić information content (AvgIpc) is 2.41. The maximum absolute atomic E-state index is 6.20. The van der Waals surface area contributed by atoms with Gasteiger partial charge < -0.3 is 19.5 Å². The molecule has 0 aliphatic rings. The van der Waals surface area contributed by atoms with Crippen LogP contribution >= 0.6 is 11.6 Å². The van der Waals surface area contributed by atoms with Gasteiger partial charge >= 0.3 is 0 Å². The summed E-state index contributed by atoms with van der Waals surface area (Å²) in [6.07, 6.45) is 0.985. The predicted octanol–water partition coefficient (Wildman–Crippen LogP) is 2.87. The van der Waals surface area contributed by atoms with Gasteiger partial charge in [0.05, 0.1) is 18.7 Å². The zero-order chi connectivity index (χ0) is 14.1. The van der Waals surface area contributed by atoms with Crippen molar-refractivity contribution >= 4 is 11.6 Å². The van der Waals surface area contributed by atoms with Crippen LogP contribution in [0.5, 0.6) is 11.5 Å². The van der Waals surface area contributed by atoms with E-state index in [1.165, 1.54) is 0 Å². The summed E-state index contributed by atoms with van der Waals surface area (Å²) in [6, 6.07) is 3.85. The molecule has 0 heterocycles. The Morgan fingerprint density at radius 1 is 1.26 bits per heavy atom. The van der Waals surface area contributed by atoms with E-state index in [2.05, 4.69) is 5.32 Å². The molecular formula is C14H22ClNO3. The second-order valence-corrected chi connectivity index (χ2v) is 4.47. The first-order chi connectivity index (χ1) is 9.22. The molecule has 0 bridgehead atoms. The topological polar surface area (TPSA) is 39.7 Å². The van der Waals surface area contributed by atoms with Crippen LogP contribution in [-0.2, 0) is 11.3 Å². The van der Waals surface area contributed by atoms with Gasteiger partial charge in [-0.05, 0) is 37.6 Å². The smallest absolute Gasteiger partial charge is 0.179 e. The monoisotopic (exact) mass is 287 g/mol. The Morgan fingerprint density at radius 3 is 2.68 bits per heavy atom. The first-order valence-electron chi connectivity index (χ1n) is 6.41. The Bertz CT molecular complexity index is 385. The molecule has 0 fully saturated rings. The third-order valence-electron chi connectivity index (χ3n) is 2.61. The summed E-state index contributed by atoms with van der Waals surface area (Å²) in [7, 11) is 3.32. The number of ether oxygens (including phenoxy) is 3. The van der Waals surface area contributed by atoms with Crippen LogP contribution in [0.2, 0.25) is 5.02 Å². The van der Waals surface area contributed by atoms with Crippen LogP contribution in [0.15, 0.2) is 12.1 Å². The Labute approximate surface area is 120 Å². The largest absolute Gasteiger partial charge is 0.493 e. The van der Waals surface area contributed by atoms with E-state index in [1.807, 2.05) is 19.1 Å². The number of benzene rings is 1. The summed E-state index contributed by atoms with van der Waals surface area (Å²) in [4.78, 5) is 0. The fraction of sp³-hybridized carbons (Fsp3) is 0.571. The molecule has 19 heavy (non-hydrogen) atoms. The molecular weight excluding hydrogens is 266 g/mol. The summed E-state index contributed by atoms with van der Waals surface area (Å²) < 4.78 is 15.8. The summed E-state index contributed by atoms with van der Waals surface area (Å²) in [5.74, 6) is 1.28. The molecule has 0 aromatic heterocycles. The van der Waals surface area contributed by atoms with Crippen molar-refractivity contribution in [3.63, 3.8) is 0 Å². The number of hydrogen-bond donors (Lipinski definition) is 1. The molecule has 1 rings (SSSR count). The molecule has 5 heteroatoms. The van der Waals surface area contributed by atoms with Gasteiger partial charge in [-0.25, -0.2) is 0 Å². The van der Waals surface area contributed by atoms with Crippen molar-refractivity contribution in [2.45, 2.75) is 19.9 Å². The molecule has 0 unspecified atom stereocenters. The molecule has 0 radical (unpaired) electrons. The molecule has 0 spiro atoms. The van der Waals surface area contributed by atoms with Crippen molar-refractivity contribution in [1.29, 1.82) is 0 Å². The van der Waals surface area contributed by atoms with Gasteiger partial charge in [0.25, 0.3) is 0 Å². The number of halogens is 1. The van der Waals surface area contributed by atoms with Crippen LogP contribution < -0.4 is 14.8 Å². The van der Waals surface area contributed by atoms with Crippen LogP contribution in [-0.4, -0.2) is 34.0 Å². The average molecular weight is 288 g/mol. The molecule has 1 aromatic rings. The first-order valence-corrected chi connectivity index (χ1v) is 6.79. The van der Waals surface area contributed by atoms with E-state index in [0.29, 0.717) is 23.1 Å². The van der Waals surface area contributed by atoms with Gasteiger partial charge in [-0.1, -0.05) is 11.6 Å². The van der Waals surface area contributed by atoms with E-state index in [0.717, 1.165) is 31.7 Å². The predicted molar refractivity (Wildman–Crippen MR) is 77.4 cm³/mol. The molecule has 1 aromatic carbocycles. The van der Waals surface area contributed by atoms with Crippen molar-refractivity contribution < 1.29 is 14.2 Å². The van der Waals surface area contributed by atoms with Crippen LogP contribution in [0.4, 0.5) is 0 Å². The first kappa shape index (κ1) is 16.1. The second kappa shape index (κ2) is 9.02. The zero-order valence-electron chi connectivity index (χ0n) is 11.8. The standard InChI is InChI=1S/C14H22ClNO3/c1-4-19-14-12(15)8-11(9-13(14)18-3)10-16-6-5-7-17-2/h8-9,16H,4-7,10H2,1-3H3. The van der Waals surface area contributed by atoms with Crippen molar-refractivity contribution in [2.75, 3.05) is 34.0 Å². The van der Waals surface area contributed by atoms with Gasteiger partial charge in [0.2, 0.25) is 0 Å². The molecule has 0 saturated heterocycles. The molecule has 0 amide bonds. The van der Waals surface area contributed by atoms with Gasteiger partial charge in [-0.2, -0.15) is 0 Å². The third-order valence-corrected chi connectivity index (χ3v) is 2.89. The van der Waals surface area contributed by atoms with Crippen LogP contribution in [0.1, 0.15) is 18.9 Å². The van der Waals surface area contributed by atoms with Crippen molar-refractivity contribution in [3.8, 4) is 11.5 Å². The minimum Gasteiger partial charge on any atom is -0.493 e. The summed E-state index contributed by atoms with van der Waals surface area (Å²) >= 11 is 6.20. The van der Waals surface area contributed by atoms with E-state index in [4.69, 9.17) is 25.8 Å². The normalized spacial score (nSPS) is 10.5. The molecule has 1 N–H and O–H groups in total. The van der Waals surface area contributed by atoms with Crippen molar-refractivity contribution in [2.24, 2.45) is 0 Å². The maximum atomic E-state index is 6.20. The number of methoxy groups -OCH3 is 2. The van der Waals surface area contributed by atoms with Crippen LogP contribution in [0, 0.1) is 0 Å². The van der Waals surface area contributed by atoms with E-state index >= 15 is 0 Å². The molecule has 0 aliphatic carbocycles. The van der Waals surface area contributed by atoms with Crippen LogP contribution in [0.3, 0.4) is 0 Å². The van der Waals surface area contributed by atoms with Gasteiger partial charge in [-0.3, -0.25) is 0 Å². The SMILES string of the molecule is CCOc1c(Cl)cc(CNCCCOC)cc1OC. The lowest BCUT2D eigenvalue weighted by Gasteiger charge is -2.13. The summed E-state index contributed by atoms with van der Waals surface area (Å²) in [6.45, 7) is 4.89. The van der Waals surface area contributed by atoms with Gasteiger partial charge in [-0.15, -0.1) is 0 Å². The Kier molecular flexibility index (Phi) is 7.63. The van der Waals surface area contributed by atoms with Crippen molar-refractivity contribution in [1.82, 2.24) is 5.32 Å². The van der Waals surface area contributed by atoms with E-state index < -0.39 is 0 Å². The number of rotatable bonds is 9. The fourth-order valence-electron chi connectivity index (χ4n) is 1.73. The molecule has 0 saturated carbocycles. The van der Waals surface area contributed by atoms with Gasteiger partial charge in [0.1, 0.15) is 0 Å². The summed E-state index contributed by atoms with van der Waals surface area (Å²) in [5.41, 5.74) is 1.07. The molecule has 108 valence electrons. The Balaban J connectivity index is 2.62. The Hall–Kier alpha value is -0.970. The van der Waals surface area contributed by atoms with Crippen LogP contribution in [0.25, 0.3) is 0 Å². The van der Waals surface area contributed by atoms with Gasteiger partial charge in [0, 0.05) is 20.3 Å². The number of nitrogens with one attached hydrogen (secondary N) is 1. The van der Waals surface area contributed by atoms with E-state index in [1.54, 1.807) is 14.2 Å². The highest BCUT2D eigenvalue weighted by Crippen LogP contribution is 2.36. The fourth-order valence-corrected chi connectivity index (χ4v) is 2.02. The minimum atomic E-state index is 0.560. The number of hydrogen-bond acceptors (Lipinski definition) is 4. The Morgan fingerprint density at radius 2 is 2.05 bits per heavy atom. The second-order valence-electron chi connectivity index (χ2n) is 4.07. The summed E-state index contributed by atoms with van der Waals surface area (Å²) in [5, 5.41) is 3.91. The third kappa shape index (κ3) is 5.27. The molecule has 0 atom stereocenters. The quantitative estimate of drug-likeness (QED) is 0.709. The van der Waals surface area contributed by atoms with E-state index in [-0.39, 0.29) is 0 Å². The maximum Gasteiger partial charge on any atom is 0.179 e. The van der Waals surface area contributed by atoms with E-state index in [9.17, 15) is 0 Å². The van der Waals surface area contributed by atoms with Gasteiger partial charge in [0.15, 0.2) is 11.5 Å². The van der Waals surface area contributed by atoms with Crippen molar-refractivity contribution in [3.05, 3.63) is 22.7 Å². The lowest BCUT2D eigenvalue weighted by Crippen LogP contribution is -2.16. The highest BCUT2D eigenvalue weighted by molar-refractivity contribution is 6.32. The highest BCUT2D eigenvalue weighted by atomic mass is 35.5. The molecule has 0 aliphatic heterocycles. The zero-order valence-corrected chi connectivity index (χ0v) is 12.5. The molecule has 4 nitrogen and oxygen atoms in total.